The number of hydrogen-bond donors (Lipinski definition) is 1. The lowest BCUT2D eigenvalue weighted by Gasteiger charge is -2.31. The fourth-order valence-corrected chi connectivity index (χ4v) is 2.01. The Morgan fingerprint density at radius 3 is 2.88 bits per heavy atom. The summed E-state index contributed by atoms with van der Waals surface area (Å²) in [7, 11) is 0. The Morgan fingerprint density at radius 1 is 1.44 bits per heavy atom. The van der Waals surface area contributed by atoms with Crippen LogP contribution in [0.2, 0.25) is 0 Å². The van der Waals surface area contributed by atoms with Crippen LogP contribution < -0.4 is 10.2 Å². The zero-order valence-corrected chi connectivity index (χ0v) is 10.1. The number of nitrogens with one attached hydrogen (secondary N) is 1. The van der Waals surface area contributed by atoms with E-state index in [1.54, 1.807) is 0 Å². The molecule has 0 atom stereocenters. The Balaban J connectivity index is 2.05. The summed E-state index contributed by atoms with van der Waals surface area (Å²) in [6.45, 7) is 7.47. The van der Waals surface area contributed by atoms with Crippen molar-refractivity contribution in [2.24, 2.45) is 5.92 Å². The lowest BCUT2D eigenvalue weighted by molar-refractivity contribution is 0.436. The first-order valence-corrected chi connectivity index (χ1v) is 6.11. The van der Waals surface area contributed by atoms with Crippen LogP contribution in [0.3, 0.4) is 0 Å². The number of rotatable bonds is 3. The van der Waals surface area contributed by atoms with E-state index in [4.69, 9.17) is 0 Å². The van der Waals surface area contributed by atoms with E-state index in [2.05, 4.69) is 34.0 Å². The van der Waals surface area contributed by atoms with Crippen LogP contribution in [0.25, 0.3) is 0 Å². The quantitative estimate of drug-likeness (QED) is 0.847. The van der Waals surface area contributed by atoms with E-state index < -0.39 is 0 Å². The molecule has 1 fully saturated rings. The Bertz CT molecular complexity index is 332. The van der Waals surface area contributed by atoms with Gasteiger partial charge in [-0.25, -0.2) is 4.98 Å². The number of anilines is 2. The van der Waals surface area contributed by atoms with E-state index in [0.717, 1.165) is 37.3 Å². The molecule has 0 aromatic carbocycles. The van der Waals surface area contributed by atoms with Crippen molar-refractivity contribution in [1.29, 1.82) is 0 Å². The highest BCUT2D eigenvalue weighted by atomic mass is 15.2. The lowest BCUT2D eigenvalue weighted by atomic mass is 9.99. The average Bonchev–Trinajstić information content (AvgIpc) is 2.31. The standard InChI is InChI=1S/C12H20N4/c1-3-13-12-14-7-4-11(15-12)16-8-5-10(2)6-9-16/h4,7,10H,3,5-6,8-9H2,1-2H3,(H,13,14,15). The molecule has 2 rings (SSSR count). The van der Waals surface area contributed by atoms with Gasteiger partial charge in [0.2, 0.25) is 5.95 Å². The predicted molar refractivity (Wildman–Crippen MR) is 66.8 cm³/mol. The molecule has 1 aromatic heterocycles. The molecule has 1 saturated heterocycles. The zero-order valence-electron chi connectivity index (χ0n) is 10.1. The second-order valence-corrected chi connectivity index (χ2v) is 4.44. The Labute approximate surface area is 97.1 Å². The van der Waals surface area contributed by atoms with Gasteiger partial charge in [-0.1, -0.05) is 6.92 Å². The van der Waals surface area contributed by atoms with Gasteiger partial charge in [-0.2, -0.15) is 4.98 Å². The molecule has 88 valence electrons. The van der Waals surface area contributed by atoms with Gasteiger partial charge < -0.3 is 10.2 Å². The molecular formula is C12H20N4. The van der Waals surface area contributed by atoms with E-state index >= 15 is 0 Å². The minimum Gasteiger partial charge on any atom is -0.356 e. The molecule has 1 aliphatic heterocycles. The Kier molecular flexibility index (Phi) is 3.59. The van der Waals surface area contributed by atoms with Crippen molar-refractivity contribution < 1.29 is 0 Å². The van der Waals surface area contributed by atoms with Crippen LogP contribution in [-0.4, -0.2) is 29.6 Å². The third kappa shape index (κ3) is 2.62. The van der Waals surface area contributed by atoms with Gasteiger partial charge in [0.15, 0.2) is 0 Å². The van der Waals surface area contributed by atoms with Gasteiger partial charge in [-0.3, -0.25) is 0 Å². The fourth-order valence-electron chi connectivity index (χ4n) is 2.01. The van der Waals surface area contributed by atoms with Gasteiger partial charge in [-0.15, -0.1) is 0 Å². The first-order valence-electron chi connectivity index (χ1n) is 6.11. The molecule has 0 bridgehead atoms. The van der Waals surface area contributed by atoms with E-state index in [0.29, 0.717) is 0 Å². The predicted octanol–water partition coefficient (Wildman–Crippen LogP) is 2.14. The van der Waals surface area contributed by atoms with Crippen LogP contribution in [0.5, 0.6) is 0 Å². The third-order valence-corrected chi connectivity index (χ3v) is 3.08. The maximum Gasteiger partial charge on any atom is 0.224 e. The molecule has 0 amide bonds. The van der Waals surface area contributed by atoms with Gasteiger partial charge in [0.25, 0.3) is 0 Å². The van der Waals surface area contributed by atoms with Crippen molar-refractivity contribution in [3.05, 3.63) is 12.3 Å². The van der Waals surface area contributed by atoms with Gasteiger partial charge in [-0.05, 0) is 31.7 Å². The van der Waals surface area contributed by atoms with Crippen molar-refractivity contribution in [3.8, 4) is 0 Å². The van der Waals surface area contributed by atoms with E-state index in [1.807, 2.05) is 12.3 Å². The maximum absolute atomic E-state index is 4.51. The van der Waals surface area contributed by atoms with Crippen LogP contribution in [0.4, 0.5) is 11.8 Å². The molecule has 1 N–H and O–H groups in total. The molecule has 0 aliphatic carbocycles. The third-order valence-electron chi connectivity index (χ3n) is 3.08. The topological polar surface area (TPSA) is 41.1 Å². The fraction of sp³-hybridized carbons (Fsp3) is 0.667. The molecule has 4 nitrogen and oxygen atoms in total. The molecule has 1 aliphatic rings. The minimum atomic E-state index is 0.735. The first-order chi connectivity index (χ1) is 7.79. The number of nitrogens with zero attached hydrogens (tertiary/aromatic N) is 3. The summed E-state index contributed by atoms with van der Waals surface area (Å²) in [6.07, 6.45) is 4.36. The van der Waals surface area contributed by atoms with Crippen molar-refractivity contribution in [1.82, 2.24) is 9.97 Å². The molecule has 0 radical (unpaired) electrons. The average molecular weight is 220 g/mol. The second kappa shape index (κ2) is 5.14. The molecular weight excluding hydrogens is 200 g/mol. The maximum atomic E-state index is 4.51. The van der Waals surface area contributed by atoms with Gasteiger partial charge >= 0.3 is 0 Å². The Hall–Kier alpha value is -1.32. The summed E-state index contributed by atoms with van der Waals surface area (Å²) in [4.78, 5) is 11.1. The Morgan fingerprint density at radius 2 is 2.19 bits per heavy atom. The molecule has 16 heavy (non-hydrogen) atoms. The zero-order chi connectivity index (χ0) is 11.4. The number of piperidine rings is 1. The summed E-state index contributed by atoms with van der Waals surface area (Å²) < 4.78 is 0. The molecule has 2 heterocycles. The van der Waals surface area contributed by atoms with Crippen LogP contribution in [-0.2, 0) is 0 Å². The smallest absolute Gasteiger partial charge is 0.224 e. The molecule has 0 unspecified atom stereocenters. The summed E-state index contributed by atoms with van der Waals surface area (Å²) in [5, 5.41) is 3.15. The number of aromatic nitrogens is 2. The van der Waals surface area contributed by atoms with Gasteiger partial charge in [0.1, 0.15) is 5.82 Å². The summed E-state index contributed by atoms with van der Waals surface area (Å²) in [5.41, 5.74) is 0. The highest BCUT2D eigenvalue weighted by Crippen LogP contribution is 2.21. The van der Waals surface area contributed by atoms with Crippen molar-refractivity contribution in [2.45, 2.75) is 26.7 Å². The molecule has 4 heteroatoms. The minimum absolute atomic E-state index is 0.735. The molecule has 1 aromatic rings. The van der Waals surface area contributed by atoms with Crippen molar-refractivity contribution >= 4 is 11.8 Å². The highest BCUT2D eigenvalue weighted by molar-refractivity contribution is 5.42. The second-order valence-electron chi connectivity index (χ2n) is 4.44. The van der Waals surface area contributed by atoms with Crippen LogP contribution in [0, 0.1) is 5.92 Å². The van der Waals surface area contributed by atoms with Crippen LogP contribution in [0.1, 0.15) is 26.7 Å². The van der Waals surface area contributed by atoms with Crippen LogP contribution in [0.15, 0.2) is 12.3 Å². The van der Waals surface area contributed by atoms with Crippen molar-refractivity contribution in [3.63, 3.8) is 0 Å². The largest absolute Gasteiger partial charge is 0.356 e. The normalized spacial score (nSPS) is 17.5. The van der Waals surface area contributed by atoms with Crippen molar-refractivity contribution in [2.75, 3.05) is 29.9 Å². The number of hydrogen-bond acceptors (Lipinski definition) is 4. The molecule has 0 saturated carbocycles. The van der Waals surface area contributed by atoms with Gasteiger partial charge in [0, 0.05) is 25.8 Å². The van der Waals surface area contributed by atoms with Gasteiger partial charge in [0.05, 0.1) is 0 Å². The highest BCUT2D eigenvalue weighted by Gasteiger charge is 2.17. The van der Waals surface area contributed by atoms with Crippen LogP contribution >= 0.6 is 0 Å². The first kappa shape index (κ1) is 11.2. The van der Waals surface area contributed by atoms with E-state index in [9.17, 15) is 0 Å². The molecule has 0 spiro atoms. The van der Waals surface area contributed by atoms with E-state index in [1.165, 1.54) is 12.8 Å². The summed E-state index contributed by atoms with van der Waals surface area (Å²) in [5.74, 6) is 2.64. The summed E-state index contributed by atoms with van der Waals surface area (Å²) >= 11 is 0. The monoisotopic (exact) mass is 220 g/mol. The van der Waals surface area contributed by atoms with E-state index in [-0.39, 0.29) is 0 Å². The SMILES string of the molecule is CCNc1nccc(N2CCC(C)CC2)n1. The summed E-state index contributed by atoms with van der Waals surface area (Å²) in [6, 6.07) is 2.00. The lowest BCUT2D eigenvalue weighted by Crippen LogP contribution is -2.33.